The van der Waals surface area contributed by atoms with Gasteiger partial charge in [-0.3, -0.25) is 9.89 Å². The Morgan fingerprint density at radius 2 is 1.58 bits per heavy atom. The molecule has 8 heteroatoms. The molecule has 0 fully saturated rings. The van der Waals surface area contributed by atoms with E-state index in [0.717, 1.165) is 28.4 Å². The molecule has 0 aliphatic rings. The van der Waals surface area contributed by atoms with Crippen LogP contribution in [0.15, 0.2) is 29.1 Å². The van der Waals surface area contributed by atoms with Crippen LogP contribution in [0.25, 0.3) is 11.3 Å². The van der Waals surface area contributed by atoms with Gasteiger partial charge in [-0.05, 0) is 33.8 Å². The van der Waals surface area contributed by atoms with E-state index in [1.54, 1.807) is 10.6 Å². The van der Waals surface area contributed by atoms with Crippen LogP contribution in [0.3, 0.4) is 0 Å². The van der Waals surface area contributed by atoms with Crippen LogP contribution in [0, 0.1) is 27.7 Å². The predicted octanol–water partition coefficient (Wildman–Crippen LogP) is 2.64. The molecule has 0 amide bonds. The minimum Gasteiger partial charge on any atom is -0.294 e. The van der Waals surface area contributed by atoms with Gasteiger partial charge in [0, 0.05) is 35.3 Å². The number of halogens is 1. The van der Waals surface area contributed by atoms with Gasteiger partial charge in [-0.25, -0.2) is 19.0 Å². The molecule has 0 aromatic carbocycles. The average Bonchev–Trinajstić information content (AvgIpc) is 3.01. The second-order valence-corrected chi connectivity index (χ2v) is 6.03. The molecule has 0 aliphatic heterocycles. The van der Waals surface area contributed by atoms with Crippen molar-refractivity contribution in [2.24, 2.45) is 0 Å². The second kappa shape index (κ2) is 6.09. The zero-order valence-electron chi connectivity index (χ0n) is 13.8. The van der Waals surface area contributed by atoms with Gasteiger partial charge in [0.05, 0.1) is 5.69 Å². The Kier molecular flexibility index (Phi) is 4.11. The van der Waals surface area contributed by atoms with E-state index in [9.17, 15) is 4.79 Å². The number of rotatable bonds is 0. The molecule has 0 atom stereocenters. The van der Waals surface area contributed by atoms with Crippen LogP contribution in [0.5, 0.6) is 0 Å². The van der Waals surface area contributed by atoms with Crippen molar-refractivity contribution in [1.82, 2.24) is 29.2 Å². The van der Waals surface area contributed by atoms with Crippen LogP contribution < -0.4 is 5.56 Å². The maximum absolute atomic E-state index is 11.3. The van der Waals surface area contributed by atoms with Gasteiger partial charge < -0.3 is 0 Å². The van der Waals surface area contributed by atoms with Gasteiger partial charge in [0.25, 0.3) is 5.56 Å². The summed E-state index contributed by atoms with van der Waals surface area (Å²) in [6, 6.07) is 7.04. The third-order valence-electron chi connectivity index (χ3n) is 3.34. The highest BCUT2D eigenvalue weighted by Crippen LogP contribution is 2.12. The molecule has 0 unspecified atom stereocenters. The quantitative estimate of drug-likeness (QED) is 0.497. The van der Waals surface area contributed by atoms with Crippen molar-refractivity contribution in [2.75, 3.05) is 0 Å². The molecule has 0 radical (unpaired) electrons. The molecular formula is C16H17ClN6O. The summed E-state index contributed by atoms with van der Waals surface area (Å²) in [5, 5.41) is 7.67. The Morgan fingerprint density at radius 3 is 2.33 bits per heavy atom. The van der Waals surface area contributed by atoms with Crippen molar-refractivity contribution in [3.63, 3.8) is 0 Å². The zero-order chi connectivity index (χ0) is 17.4. The molecule has 4 aromatic heterocycles. The first-order valence-electron chi connectivity index (χ1n) is 7.39. The van der Waals surface area contributed by atoms with Gasteiger partial charge in [0.15, 0.2) is 11.3 Å². The van der Waals surface area contributed by atoms with E-state index in [0.29, 0.717) is 10.8 Å². The summed E-state index contributed by atoms with van der Waals surface area (Å²) in [7, 11) is 0. The van der Waals surface area contributed by atoms with E-state index in [1.807, 2.05) is 39.8 Å². The number of hydrogen-bond acceptors (Lipinski definition) is 4. The molecule has 0 bridgehead atoms. The van der Waals surface area contributed by atoms with E-state index in [4.69, 9.17) is 11.6 Å². The maximum atomic E-state index is 11.3. The number of fused-ring (bicyclic) bond motifs is 2. The summed E-state index contributed by atoms with van der Waals surface area (Å²) in [6.07, 6.45) is 0. The smallest absolute Gasteiger partial charge is 0.272 e. The van der Waals surface area contributed by atoms with Crippen molar-refractivity contribution in [1.29, 1.82) is 0 Å². The molecule has 124 valence electrons. The first-order chi connectivity index (χ1) is 11.3. The lowest BCUT2D eigenvalue weighted by Gasteiger charge is -1.96. The summed E-state index contributed by atoms with van der Waals surface area (Å²) in [5.41, 5.74) is 4.94. The highest BCUT2D eigenvalue weighted by Gasteiger charge is 2.03. The van der Waals surface area contributed by atoms with Crippen molar-refractivity contribution >= 4 is 22.9 Å². The largest absolute Gasteiger partial charge is 0.294 e. The molecule has 1 N–H and O–H groups in total. The predicted molar refractivity (Wildman–Crippen MR) is 92.8 cm³/mol. The number of hydrogen-bond donors (Lipinski definition) is 1. The topological polar surface area (TPSA) is 80.3 Å². The molecule has 0 saturated carbocycles. The molecule has 24 heavy (non-hydrogen) atoms. The standard InChI is InChI=1S/C8H8ClN3.C8H9N3O/c1-5-3-7(9)12-8(10-5)4-6(2)11-12;1-5-4-8(12)11-7(9-5)3-6(2)10-11/h3-4H,1-2H3;3-4,10H,1-2H3. The monoisotopic (exact) mass is 344 g/mol. The lowest BCUT2D eigenvalue weighted by Crippen LogP contribution is -2.14. The number of nitrogens with one attached hydrogen (secondary N) is 1. The summed E-state index contributed by atoms with van der Waals surface area (Å²) in [5.74, 6) is 0. The van der Waals surface area contributed by atoms with Crippen LogP contribution in [-0.4, -0.2) is 29.2 Å². The SMILES string of the molecule is Cc1cc(=O)n2[nH]c(C)cc2n1.Cc1cc(Cl)n2nc(C)cc2n1. The number of aromatic nitrogens is 6. The maximum Gasteiger partial charge on any atom is 0.272 e. The van der Waals surface area contributed by atoms with Gasteiger partial charge in [-0.2, -0.15) is 5.10 Å². The van der Waals surface area contributed by atoms with E-state index in [-0.39, 0.29) is 5.56 Å². The molecule has 4 heterocycles. The van der Waals surface area contributed by atoms with Gasteiger partial charge in [-0.1, -0.05) is 11.6 Å². The highest BCUT2D eigenvalue weighted by atomic mass is 35.5. The molecular weight excluding hydrogens is 328 g/mol. The van der Waals surface area contributed by atoms with Crippen LogP contribution in [0.1, 0.15) is 22.8 Å². The Bertz CT molecular complexity index is 1090. The van der Waals surface area contributed by atoms with Crippen LogP contribution in [0.2, 0.25) is 5.15 Å². The van der Waals surface area contributed by atoms with Crippen molar-refractivity contribution in [3.05, 3.63) is 62.5 Å². The number of aryl methyl sites for hydroxylation is 4. The van der Waals surface area contributed by atoms with E-state index in [1.165, 1.54) is 10.6 Å². The minimum atomic E-state index is -0.0643. The third-order valence-corrected chi connectivity index (χ3v) is 3.61. The van der Waals surface area contributed by atoms with Gasteiger partial charge in [-0.15, -0.1) is 0 Å². The Morgan fingerprint density at radius 1 is 0.917 bits per heavy atom. The lowest BCUT2D eigenvalue weighted by atomic mass is 10.4. The summed E-state index contributed by atoms with van der Waals surface area (Å²) >= 11 is 5.94. The molecule has 0 aliphatic carbocycles. The molecule has 0 spiro atoms. The molecule has 7 nitrogen and oxygen atoms in total. The fraction of sp³-hybridized carbons (Fsp3) is 0.250. The lowest BCUT2D eigenvalue weighted by molar-refractivity contribution is 0.873. The van der Waals surface area contributed by atoms with Crippen molar-refractivity contribution < 1.29 is 0 Å². The number of nitrogens with zero attached hydrogens (tertiary/aromatic N) is 5. The Hall–Kier alpha value is -2.67. The first-order valence-corrected chi connectivity index (χ1v) is 7.77. The Balaban J connectivity index is 0.000000141. The second-order valence-electron chi connectivity index (χ2n) is 5.64. The Labute approximate surface area is 142 Å². The zero-order valence-corrected chi connectivity index (χ0v) is 14.6. The number of H-pyrrole nitrogens is 1. The van der Waals surface area contributed by atoms with E-state index < -0.39 is 0 Å². The first kappa shape index (κ1) is 16.2. The van der Waals surface area contributed by atoms with Gasteiger partial charge in [0.2, 0.25) is 0 Å². The summed E-state index contributed by atoms with van der Waals surface area (Å²) in [4.78, 5) is 19.8. The van der Waals surface area contributed by atoms with Gasteiger partial charge in [0.1, 0.15) is 5.15 Å². The molecule has 4 aromatic rings. The minimum absolute atomic E-state index is 0.0643. The van der Waals surface area contributed by atoms with Crippen LogP contribution in [0.4, 0.5) is 0 Å². The summed E-state index contributed by atoms with van der Waals surface area (Å²) < 4.78 is 3.06. The molecule has 4 rings (SSSR count). The fourth-order valence-electron chi connectivity index (χ4n) is 2.40. The number of aromatic amines is 1. The van der Waals surface area contributed by atoms with Crippen molar-refractivity contribution in [2.45, 2.75) is 27.7 Å². The molecule has 0 saturated heterocycles. The van der Waals surface area contributed by atoms with Crippen LogP contribution in [-0.2, 0) is 0 Å². The third kappa shape index (κ3) is 3.16. The fourth-order valence-corrected chi connectivity index (χ4v) is 2.68. The van der Waals surface area contributed by atoms with E-state index in [2.05, 4.69) is 20.2 Å². The normalized spacial score (nSPS) is 10.9. The average molecular weight is 345 g/mol. The van der Waals surface area contributed by atoms with Gasteiger partial charge >= 0.3 is 0 Å². The summed E-state index contributed by atoms with van der Waals surface area (Å²) in [6.45, 7) is 7.53. The van der Waals surface area contributed by atoms with Crippen molar-refractivity contribution in [3.8, 4) is 0 Å². The van der Waals surface area contributed by atoms with Crippen LogP contribution >= 0.6 is 11.6 Å². The van der Waals surface area contributed by atoms with E-state index >= 15 is 0 Å². The highest BCUT2D eigenvalue weighted by molar-refractivity contribution is 6.29.